The van der Waals surface area contributed by atoms with Gasteiger partial charge in [-0.15, -0.1) is 0 Å². The van der Waals surface area contributed by atoms with Gasteiger partial charge in [-0.2, -0.15) is 0 Å². The van der Waals surface area contributed by atoms with Crippen LogP contribution in [0.3, 0.4) is 0 Å². The lowest BCUT2D eigenvalue weighted by Gasteiger charge is -2.07. The van der Waals surface area contributed by atoms with Gasteiger partial charge in [-0.1, -0.05) is 29.8 Å². The number of benzene rings is 2. The third kappa shape index (κ3) is 4.44. The first-order chi connectivity index (χ1) is 12.0. The molecule has 1 heterocycles. The van der Waals surface area contributed by atoms with Crippen LogP contribution in [-0.4, -0.2) is 5.91 Å². The Morgan fingerprint density at radius 2 is 2.00 bits per heavy atom. The summed E-state index contributed by atoms with van der Waals surface area (Å²) in [7, 11) is 0. The second-order valence-electron chi connectivity index (χ2n) is 5.40. The van der Waals surface area contributed by atoms with Crippen LogP contribution in [0.2, 0.25) is 5.02 Å². The SMILES string of the molecule is Cc1ccc(Cl)cc1NC(=O)c1ccc(COc2ccccc2Br)o1. The molecule has 0 fully saturated rings. The van der Waals surface area contributed by atoms with Gasteiger partial charge >= 0.3 is 0 Å². The Bertz CT molecular complexity index is 907. The van der Waals surface area contributed by atoms with Gasteiger partial charge in [0.1, 0.15) is 18.1 Å². The first-order valence-corrected chi connectivity index (χ1v) is 8.73. The highest BCUT2D eigenvalue weighted by atomic mass is 79.9. The summed E-state index contributed by atoms with van der Waals surface area (Å²) in [6, 6.07) is 16.2. The summed E-state index contributed by atoms with van der Waals surface area (Å²) >= 11 is 9.38. The number of aryl methyl sites for hydroxylation is 1. The van der Waals surface area contributed by atoms with Crippen molar-refractivity contribution in [1.82, 2.24) is 0 Å². The third-order valence-electron chi connectivity index (χ3n) is 3.54. The van der Waals surface area contributed by atoms with Gasteiger partial charge in [0, 0.05) is 10.7 Å². The van der Waals surface area contributed by atoms with Crippen LogP contribution in [-0.2, 0) is 6.61 Å². The van der Waals surface area contributed by atoms with Crippen molar-refractivity contribution in [1.29, 1.82) is 0 Å². The first kappa shape index (κ1) is 17.6. The Labute approximate surface area is 158 Å². The molecule has 0 saturated heterocycles. The van der Waals surface area contributed by atoms with Crippen molar-refractivity contribution in [2.75, 3.05) is 5.32 Å². The summed E-state index contributed by atoms with van der Waals surface area (Å²) in [4.78, 5) is 12.3. The molecule has 6 heteroatoms. The Hall–Kier alpha value is -2.24. The summed E-state index contributed by atoms with van der Waals surface area (Å²) in [5, 5.41) is 3.36. The zero-order chi connectivity index (χ0) is 17.8. The molecule has 2 aromatic carbocycles. The molecule has 0 bridgehead atoms. The molecule has 3 aromatic rings. The fourth-order valence-electron chi connectivity index (χ4n) is 2.20. The summed E-state index contributed by atoms with van der Waals surface area (Å²) in [6.07, 6.45) is 0. The Kier molecular flexibility index (Phi) is 5.46. The Balaban J connectivity index is 1.65. The van der Waals surface area contributed by atoms with Crippen molar-refractivity contribution in [3.8, 4) is 5.75 Å². The summed E-state index contributed by atoms with van der Waals surface area (Å²) < 4.78 is 12.1. The fraction of sp³-hybridized carbons (Fsp3) is 0.105. The van der Waals surface area contributed by atoms with E-state index in [-0.39, 0.29) is 18.3 Å². The van der Waals surface area contributed by atoms with Gasteiger partial charge in [-0.05, 0) is 64.8 Å². The molecular formula is C19H15BrClNO3. The van der Waals surface area contributed by atoms with Crippen LogP contribution in [0.15, 0.2) is 63.5 Å². The second-order valence-corrected chi connectivity index (χ2v) is 6.69. The maximum atomic E-state index is 12.3. The third-order valence-corrected chi connectivity index (χ3v) is 4.43. The molecule has 0 aliphatic carbocycles. The number of carbonyl (C=O) groups excluding carboxylic acids is 1. The average Bonchev–Trinajstić information content (AvgIpc) is 3.06. The normalized spacial score (nSPS) is 10.5. The van der Waals surface area contributed by atoms with Gasteiger partial charge < -0.3 is 14.5 Å². The van der Waals surface area contributed by atoms with E-state index < -0.39 is 0 Å². The molecule has 0 atom stereocenters. The van der Waals surface area contributed by atoms with Crippen LogP contribution in [0.5, 0.6) is 5.75 Å². The predicted octanol–water partition coefficient (Wildman–Crippen LogP) is 5.84. The van der Waals surface area contributed by atoms with Gasteiger partial charge in [-0.3, -0.25) is 4.79 Å². The number of hydrogen-bond donors (Lipinski definition) is 1. The molecule has 0 spiro atoms. The second kappa shape index (κ2) is 7.76. The van der Waals surface area contributed by atoms with Gasteiger partial charge in [-0.25, -0.2) is 0 Å². The minimum absolute atomic E-state index is 0.213. The Morgan fingerprint density at radius 1 is 1.20 bits per heavy atom. The first-order valence-electron chi connectivity index (χ1n) is 7.56. The lowest BCUT2D eigenvalue weighted by molar-refractivity contribution is 0.0992. The Morgan fingerprint density at radius 3 is 2.80 bits per heavy atom. The zero-order valence-corrected chi connectivity index (χ0v) is 15.7. The summed E-state index contributed by atoms with van der Waals surface area (Å²) in [5.74, 6) is 1.14. The van der Waals surface area contributed by atoms with Crippen molar-refractivity contribution in [3.63, 3.8) is 0 Å². The quantitative estimate of drug-likeness (QED) is 0.564. The smallest absolute Gasteiger partial charge is 0.291 e. The zero-order valence-electron chi connectivity index (χ0n) is 13.4. The number of hydrogen-bond acceptors (Lipinski definition) is 3. The summed E-state index contributed by atoms with van der Waals surface area (Å²) in [5.41, 5.74) is 1.57. The average molecular weight is 421 g/mol. The largest absolute Gasteiger partial charge is 0.484 e. The minimum Gasteiger partial charge on any atom is -0.484 e. The lowest BCUT2D eigenvalue weighted by atomic mass is 10.2. The number of anilines is 1. The van der Waals surface area contributed by atoms with E-state index in [9.17, 15) is 4.79 Å². The van der Waals surface area contributed by atoms with E-state index >= 15 is 0 Å². The standard InChI is InChI=1S/C19H15BrClNO3/c1-12-6-7-13(21)10-16(12)22-19(23)18-9-8-14(25-18)11-24-17-5-3-2-4-15(17)20/h2-10H,11H2,1H3,(H,22,23). The molecule has 1 aromatic heterocycles. The van der Waals surface area contributed by atoms with Crippen molar-refractivity contribution in [2.24, 2.45) is 0 Å². The van der Waals surface area contributed by atoms with E-state index in [1.54, 1.807) is 24.3 Å². The predicted molar refractivity (Wildman–Crippen MR) is 101 cm³/mol. The van der Waals surface area contributed by atoms with E-state index in [4.69, 9.17) is 20.8 Å². The van der Waals surface area contributed by atoms with Crippen molar-refractivity contribution in [2.45, 2.75) is 13.5 Å². The molecule has 3 rings (SSSR count). The van der Waals surface area contributed by atoms with Crippen molar-refractivity contribution in [3.05, 3.63) is 81.2 Å². The number of para-hydroxylation sites is 1. The van der Waals surface area contributed by atoms with Gasteiger partial charge in [0.2, 0.25) is 0 Å². The van der Waals surface area contributed by atoms with Crippen molar-refractivity contribution >= 4 is 39.1 Å². The molecule has 0 radical (unpaired) electrons. The van der Waals surface area contributed by atoms with Crippen LogP contribution in [0.25, 0.3) is 0 Å². The van der Waals surface area contributed by atoms with E-state index in [0.29, 0.717) is 22.2 Å². The maximum absolute atomic E-state index is 12.3. The summed E-state index contributed by atoms with van der Waals surface area (Å²) in [6.45, 7) is 2.12. The van der Waals surface area contributed by atoms with Gasteiger partial charge in [0.15, 0.2) is 5.76 Å². The molecule has 0 unspecified atom stereocenters. The number of nitrogens with one attached hydrogen (secondary N) is 1. The molecular weight excluding hydrogens is 406 g/mol. The topological polar surface area (TPSA) is 51.5 Å². The highest BCUT2D eigenvalue weighted by Crippen LogP contribution is 2.25. The van der Waals surface area contributed by atoms with E-state index in [0.717, 1.165) is 10.0 Å². The lowest BCUT2D eigenvalue weighted by Crippen LogP contribution is -2.11. The molecule has 1 amide bonds. The monoisotopic (exact) mass is 419 g/mol. The van der Waals surface area contributed by atoms with E-state index in [2.05, 4.69) is 21.2 Å². The molecule has 128 valence electrons. The molecule has 0 aliphatic heterocycles. The van der Waals surface area contributed by atoms with Crippen LogP contribution >= 0.6 is 27.5 Å². The van der Waals surface area contributed by atoms with Crippen LogP contribution < -0.4 is 10.1 Å². The number of furan rings is 1. The van der Waals surface area contributed by atoms with Crippen molar-refractivity contribution < 1.29 is 13.9 Å². The van der Waals surface area contributed by atoms with Crippen LogP contribution in [0, 0.1) is 6.92 Å². The number of amides is 1. The number of rotatable bonds is 5. The highest BCUT2D eigenvalue weighted by Gasteiger charge is 2.13. The number of carbonyl (C=O) groups is 1. The van der Waals surface area contributed by atoms with E-state index in [1.807, 2.05) is 37.3 Å². The van der Waals surface area contributed by atoms with Crippen LogP contribution in [0.4, 0.5) is 5.69 Å². The molecule has 0 saturated carbocycles. The molecule has 25 heavy (non-hydrogen) atoms. The fourth-order valence-corrected chi connectivity index (χ4v) is 2.77. The molecule has 0 aliphatic rings. The molecule has 4 nitrogen and oxygen atoms in total. The van der Waals surface area contributed by atoms with Gasteiger partial charge in [0.25, 0.3) is 5.91 Å². The maximum Gasteiger partial charge on any atom is 0.291 e. The highest BCUT2D eigenvalue weighted by molar-refractivity contribution is 9.10. The number of ether oxygens (including phenoxy) is 1. The van der Waals surface area contributed by atoms with Crippen LogP contribution in [0.1, 0.15) is 21.9 Å². The van der Waals surface area contributed by atoms with E-state index in [1.165, 1.54) is 0 Å². The number of halogens is 2. The van der Waals surface area contributed by atoms with Gasteiger partial charge in [0.05, 0.1) is 4.47 Å². The molecule has 1 N–H and O–H groups in total. The minimum atomic E-state index is -0.336.